The fraction of sp³-hybridized carbons (Fsp3) is 0.130. The molecule has 0 atom stereocenters. The van der Waals surface area contributed by atoms with Crippen molar-refractivity contribution >= 4 is 40.5 Å². The summed E-state index contributed by atoms with van der Waals surface area (Å²) in [6, 6.07) is 13.6. The maximum Gasteiger partial charge on any atom is 0.313 e. The average molecular weight is 470 g/mol. The van der Waals surface area contributed by atoms with Crippen LogP contribution in [0.15, 0.2) is 54.6 Å². The second kappa shape index (κ2) is 10.0. The summed E-state index contributed by atoms with van der Waals surface area (Å²) in [7, 11) is 1.39. The lowest BCUT2D eigenvalue weighted by atomic mass is 10.1. The Labute approximate surface area is 194 Å². The van der Waals surface area contributed by atoms with Crippen LogP contribution in [0, 0.1) is 17.0 Å². The molecular formula is C23H20ClN3O6. The number of amides is 2. The van der Waals surface area contributed by atoms with Gasteiger partial charge in [-0.25, -0.2) is 0 Å². The smallest absolute Gasteiger partial charge is 0.313 e. The van der Waals surface area contributed by atoms with Crippen molar-refractivity contribution in [3.8, 4) is 17.2 Å². The molecule has 2 N–H and O–H groups in total. The highest BCUT2D eigenvalue weighted by Crippen LogP contribution is 2.38. The van der Waals surface area contributed by atoms with E-state index >= 15 is 0 Å². The molecule has 170 valence electrons. The Balaban J connectivity index is 1.81. The maximum atomic E-state index is 12.7. The molecule has 0 heterocycles. The summed E-state index contributed by atoms with van der Waals surface area (Å²) >= 11 is 5.84. The number of methoxy groups -OCH3 is 1. The van der Waals surface area contributed by atoms with Gasteiger partial charge in [0, 0.05) is 35.0 Å². The number of carbonyl (C=O) groups excluding carboxylic acids is 2. The number of benzene rings is 3. The molecule has 0 aliphatic carbocycles. The van der Waals surface area contributed by atoms with Crippen LogP contribution in [0.5, 0.6) is 17.2 Å². The van der Waals surface area contributed by atoms with Gasteiger partial charge in [-0.2, -0.15) is 0 Å². The van der Waals surface area contributed by atoms with Crippen LogP contribution in [0.25, 0.3) is 0 Å². The number of nitro benzene ring substituents is 1. The predicted octanol–water partition coefficient (Wildman–Crippen LogP) is 5.57. The molecule has 10 heteroatoms. The molecule has 0 unspecified atom stereocenters. The molecule has 0 radical (unpaired) electrons. The summed E-state index contributed by atoms with van der Waals surface area (Å²) in [5.41, 5.74) is 1.97. The van der Waals surface area contributed by atoms with Crippen molar-refractivity contribution in [2.24, 2.45) is 0 Å². The summed E-state index contributed by atoms with van der Waals surface area (Å²) in [6.45, 7) is 3.23. The largest absolute Gasteiger partial charge is 0.493 e. The van der Waals surface area contributed by atoms with Gasteiger partial charge in [0.1, 0.15) is 0 Å². The summed E-state index contributed by atoms with van der Waals surface area (Å²) in [5.74, 6) is -0.203. The molecule has 0 saturated carbocycles. The molecule has 0 bridgehead atoms. The second-order valence-corrected chi connectivity index (χ2v) is 7.44. The lowest BCUT2D eigenvalue weighted by Gasteiger charge is -2.13. The van der Waals surface area contributed by atoms with Gasteiger partial charge in [0.25, 0.3) is 5.91 Å². The van der Waals surface area contributed by atoms with Crippen molar-refractivity contribution in [1.29, 1.82) is 0 Å². The predicted molar refractivity (Wildman–Crippen MR) is 125 cm³/mol. The number of nitro groups is 1. The average Bonchev–Trinajstić information content (AvgIpc) is 2.76. The molecule has 0 saturated heterocycles. The second-order valence-electron chi connectivity index (χ2n) is 7.00. The molecule has 0 spiro atoms. The van der Waals surface area contributed by atoms with Crippen molar-refractivity contribution < 1.29 is 24.0 Å². The van der Waals surface area contributed by atoms with Crippen molar-refractivity contribution in [2.45, 2.75) is 13.8 Å². The van der Waals surface area contributed by atoms with Gasteiger partial charge < -0.3 is 20.1 Å². The normalized spacial score (nSPS) is 10.3. The van der Waals surface area contributed by atoms with Crippen LogP contribution in [-0.4, -0.2) is 23.8 Å². The molecule has 3 aromatic carbocycles. The Kier molecular flexibility index (Phi) is 7.14. The summed E-state index contributed by atoms with van der Waals surface area (Å²) in [6.07, 6.45) is 0. The Morgan fingerprint density at radius 1 is 0.970 bits per heavy atom. The first kappa shape index (κ1) is 23.6. The molecule has 9 nitrogen and oxygen atoms in total. The molecular weight excluding hydrogens is 450 g/mol. The van der Waals surface area contributed by atoms with E-state index in [1.807, 2.05) is 6.92 Å². The van der Waals surface area contributed by atoms with Gasteiger partial charge in [0.05, 0.1) is 12.0 Å². The third-order valence-electron chi connectivity index (χ3n) is 4.56. The lowest BCUT2D eigenvalue weighted by molar-refractivity contribution is -0.385. The minimum Gasteiger partial charge on any atom is -0.493 e. The quantitative estimate of drug-likeness (QED) is 0.345. The highest BCUT2D eigenvalue weighted by molar-refractivity contribution is 6.30. The van der Waals surface area contributed by atoms with Crippen LogP contribution >= 0.6 is 11.6 Å². The number of rotatable bonds is 7. The number of anilines is 2. The molecule has 0 aliphatic rings. The van der Waals surface area contributed by atoms with E-state index in [0.717, 1.165) is 5.56 Å². The number of aryl methyl sites for hydroxylation is 1. The van der Waals surface area contributed by atoms with Crippen LogP contribution < -0.4 is 20.1 Å². The van der Waals surface area contributed by atoms with Gasteiger partial charge in [-0.3, -0.25) is 19.7 Å². The fourth-order valence-corrected chi connectivity index (χ4v) is 3.17. The van der Waals surface area contributed by atoms with E-state index in [1.165, 1.54) is 50.4 Å². The van der Waals surface area contributed by atoms with Crippen LogP contribution in [0.4, 0.5) is 17.1 Å². The molecule has 33 heavy (non-hydrogen) atoms. The molecule has 3 rings (SSSR count). The lowest BCUT2D eigenvalue weighted by Crippen LogP contribution is -2.13. The first-order valence-electron chi connectivity index (χ1n) is 9.67. The Morgan fingerprint density at radius 3 is 2.33 bits per heavy atom. The number of hydrogen-bond acceptors (Lipinski definition) is 6. The van der Waals surface area contributed by atoms with Crippen LogP contribution in [0.3, 0.4) is 0 Å². The SMILES string of the molecule is COc1cc(C(=O)Nc2ccc(NC(C)=O)c(C)c2)ccc1Oc1ccc(Cl)cc1[N+](=O)[O-]. The number of ether oxygens (including phenoxy) is 2. The molecule has 2 amide bonds. The summed E-state index contributed by atoms with van der Waals surface area (Å²) < 4.78 is 11.0. The fourth-order valence-electron chi connectivity index (χ4n) is 3.01. The Bertz CT molecular complexity index is 1240. The molecule has 3 aromatic rings. The van der Waals surface area contributed by atoms with E-state index in [2.05, 4.69) is 10.6 Å². The summed E-state index contributed by atoms with van der Waals surface area (Å²) in [5, 5.41) is 17.0. The van der Waals surface area contributed by atoms with Crippen molar-refractivity contribution in [1.82, 2.24) is 0 Å². The first-order chi connectivity index (χ1) is 15.7. The standard InChI is InChI=1S/C23H20ClN3O6/c1-13-10-17(6-7-18(13)25-14(2)28)26-23(29)15-4-8-21(22(11-15)32-3)33-20-9-5-16(24)12-19(20)27(30)31/h4-12H,1-3H3,(H,25,28)(H,26,29). The zero-order chi connectivity index (χ0) is 24.1. The minimum absolute atomic E-state index is 0.0189. The van der Waals surface area contributed by atoms with Crippen LogP contribution in [0.2, 0.25) is 5.02 Å². The molecule has 0 aromatic heterocycles. The maximum absolute atomic E-state index is 12.7. The van der Waals surface area contributed by atoms with E-state index in [-0.39, 0.29) is 39.4 Å². The highest BCUT2D eigenvalue weighted by Gasteiger charge is 2.19. The van der Waals surface area contributed by atoms with E-state index in [4.69, 9.17) is 21.1 Å². The highest BCUT2D eigenvalue weighted by atomic mass is 35.5. The zero-order valence-corrected chi connectivity index (χ0v) is 18.7. The zero-order valence-electron chi connectivity index (χ0n) is 18.0. The minimum atomic E-state index is -0.602. The topological polar surface area (TPSA) is 120 Å². The summed E-state index contributed by atoms with van der Waals surface area (Å²) in [4.78, 5) is 34.7. The van der Waals surface area contributed by atoms with Crippen molar-refractivity contribution in [3.05, 3.63) is 80.9 Å². The number of halogens is 1. The Hall–Kier alpha value is -4.11. The van der Waals surface area contributed by atoms with E-state index < -0.39 is 10.8 Å². The molecule has 0 aliphatic heterocycles. The van der Waals surface area contributed by atoms with E-state index in [1.54, 1.807) is 18.2 Å². The van der Waals surface area contributed by atoms with Gasteiger partial charge in [-0.1, -0.05) is 11.6 Å². The molecule has 0 fully saturated rings. The number of nitrogens with zero attached hydrogens (tertiary/aromatic N) is 1. The number of nitrogens with one attached hydrogen (secondary N) is 2. The number of hydrogen-bond donors (Lipinski definition) is 2. The van der Waals surface area contributed by atoms with Gasteiger partial charge >= 0.3 is 5.69 Å². The monoisotopic (exact) mass is 469 g/mol. The number of carbonyl (C=O) groups is 2. The van der Waals surface area contributed by atoms with Gasteiger partial charge in [0.15, 0.2) is 11.5 Å². The first-order valence-corrected chi connectivity index (χ1v) is 10.0. The van der Waals surface area contributed by atoms with Gasteiger partial charge in [-0.15, -0.1) is 0 Å². The van der Waals surface area contributed by atoms with Gasteiger partial charge in [-0.05, 0) is 61.0 Å². The third kappa shape index (κ3) is 5.78. The van der Waals surface area contributed by atoms with Crippen LogP contribution in [-0.2, 0) is 4.79 Å². The van der Waals surface area contributed by atoms with Crippen molar-refractivity contribution in [3.63, 3.8) is 0 Å². The van der Waals surface area contributed by atoms with E-state index in [0.29, 0.717) is 11.4 Å². The van der Waals surface area contributed by atoms with Gasteiger partial charge in [0.2, 0.25) is 11.7 Å². The van der Waals surface area contributed by atoms with Crippen LogP contribution in [0.1, 0.15) is 22.8 Å². The van der Waals surface area contributed by atoms with E-state index in [9.17, 15) is 19.7 Å². The van der Waals surface area contributed by atoms with Crippen molar-refractivity contribution in [2.75, 3.05) is 17.7 Å². The Morgan fingerprint density at radius 2 is 1.70 bits per heavy atom. The third-order valence-corrected chi connectivity index (χ3v) is 4.79.